The number of anilines is 1. The molecule has 1 rings (SSSR count). The molecule has 0 aromatic carbocycles. The van der Waals surface area contributed by atoms with Crippen molar-refractivity contribution in [3.05, 3.63) is 22.7 Å². The predicted octanol–water partition coefficient (Wildman–Crippen LogP) is -0.977. The van der Waals surface area contributed by atoms with Crippen molar-refractivity contribution in [3.63, 3.8) is 0 Å². The molecule has 0 amide bonds. The lowest BCUT2D eigenvalue weighted by Gasteiger charge is -2.13. The SMILES string of the molecule is CN(C)n1ccc(N)nc1=O. The van der Waals surface area contributed by atoms with Gasteiger partial charge in [0.05, 0.1) is 0 Å². The van der Waals surface area contributed by atoms with E-state index in [4.69, 9.17) is 5.73 Å². The number of hydrogen-bond donors (Lipinski definition) is 1. The van der Waals surface area contributed by atoms with Crippen molar-refractivity contribution in [1.82, 2.24) is 9.66 Å². The van der Waals surface area contributed by atoms with Gasteiger partial charge in [-0.05, 0) is 6.07 Å². The Kier molecular flexibility index (Phi) is 1.80. The van der Waals surface area contributed by atoms with Crippen LogP contribution in [0.25, 0.3) is 0 Å². The Labute approximate surface area is 64.0 Å². The summed E-state index contributed by atoms with van der Waals surface area (Å²) in [4.78, 5) is 14.6. The molecule has 5 nitrogen and oxygen atoms in total. The molecule has 0 atom stereocenters. The quantitative estimate of drug-likeness (QED) is 0.565. The highest BCUT2D eigenvalue weighted by Gasteiger charge is 1.96. The summed E-state index contributed by atoms with van der Waals surface area (Å²) in [6.45, 7) is 0. The van der Waals surface area contributed by atoms with Crippen LogP contribution in [0.5, 0.6) is 0 Å². The minimum absolute atomic E-state index is 0.244. The van der Waals surface area contributed by atoms with E-state index in [-0.39, 0.29) is 11.5 Å². The zero-order valence-corrected chi connectivity index (χ0v) is 6.48. The Balaban J connectivity index is 3.21. The third-order valence-electron chi connectivity index (χ3n) is 1.24. The summed E-state index contributed by atoms with van der Waals surface area (Å²) in [6.07, 6.45) is 1.57. The molecular weight excluding hydrogens is 144 g/mol. The molecule has 2 N–H and O–H groups in total. The van der Waals surface area contributed by atoms with Gasteiger partial charge in [-0.1, -0.05) is 0 Å². The lowest BCUT2D eigenvalue weighted by molar-refractivity contribution is 0.677. The first-order valence-electron chi connectivity index (χ1n) is 3.14. The number of nitrogens with two attached hydrogens (primary N) is 1. The largest absolute Gasteiger partial charge is 0.383 e. The minimum Gasteiger partial charge on any atom is -0.383 e. The molecule has 0 bridgehead atoms. The average Bonchev–Trinajstić information content (AvgIpc) is 1.85. The Bertz CT molecular complexity index is 304. The number of aromatic nitrogens is 2. The van der Waals surface area contributed by atoms with E-state index in [0.29, 0.717) is 0 Å². The van der Waals surface area contributed by atoms with E-state index in [0.717, 1.165) is 0 Å². The van der Waals surface area contributed by atoms with Crippen LogP contribution in [0.1, 0.15) is 0 Å². The summed E-state index contributed by atoms with van der Waals surface area (Å²) in [5, 5.41) is 1.62. The number of nitrogen functional groups attached to an aromatic ring is 1. The van der Waals surface area contributed by atoms with Crippen molar-refractivity contribution in [1.29, 1.82) is 0 Å². The maximum absolute atomic E-state index is 11.0. The summed E-state index contributed by atoms with van der Waals surface area (Å²) in [5.41, 5.74) is 4.92. The van der Waals surface area contributed by atoms with Crippen molar-refractivity contribution in [3.8, 4) is 0 Å². The molecule has 1 aromatic heterocycles. The summed E-state index contributed by atoms with van der Waals surface area (Å²) in [7, 11) is 3.50. The van der Waals surface area contributed by atoms with Crippen LogP contribution < -0.4 is 16.4 Å². The Morgan fingerprint density at radius 1 is 1.64 bits per heavy atom. The Morgan fingerprint density at radius 3 is 2.73 bits per heavy atom. The molecule has 0 fully saturated rings. The van der Waals surface area contributed by atoms with E-state index in [2.05, 4.69) is 4.98 Å². The first-order chi connectivity index (χ1) is 5.11. The zero-order valence-electron chi connectivity index (χ0n) is 6.48. The van der Waals surface area contributed by atoms with Crippen LogP contribution in [0.3, 0.4) is 0 Å². The Hall–Kier alpha value is -1.52. The Morgan fingerprint density at radius 2 is 2.27 bits per heavy atom. The van der Waals surface area contributed by atoms with Crippen LogP contribution in [0.4, 0.5) is 5.82 Å². The van der Waals surface area contributed by atoms with Gasteiger partial charge in [-0.25, -0.2) is 9.47 Å². The van der Waals surface area contributed by atoms with Crippen molar-refractivity contribution < 1.29 is 0 Å². The lowest BCUT2D eigenvalue weighted by atomic mass is 10.6. The second kappa shape index (κ2) is 2.61. The van der Waals surface area contributed by atoms with Gasteiger partial charge in [-0.15, -0.1) is 0 Å². The van der Waals surface area contributed by atoms with E-state index < -0.39 is 0 Å². The monoisotopic (exact) mass is 154 g/mol. The van der Waals surface area contributed by atoms with Gasteiger partial charge in [0.1, 0.15) is 5.82 Å². The van der Waals surface area contributed by atoms with Crippen molar-refractivity contribution in [2.45, 2.75) is 0 Å². The highest BCUT2D eigenvalue weighted by atomic mass is 16.2. The first kappa shape index (κ1) is 7.59. The molecule has 5 heteroatoms. The third-order valence-corrected chi connectivity index (χ3v) is 1.24. The van der Waals surface area contributed by atoms with Crippen molar-refractivity contribution in [2.75, 3.05) is 24.8 Å². The molecule has 1 aromatic rings. The number of rotatable bonds is 1. The van der Waals surface area contributed by atoms with Gasteiger partial charge in [-0.2, -0.15) is 4.98 Å². The van der Waals surface area contributed by atoms with E-state index in [1.54, 1.807) is 31.4 Å². The van der Waals surface area contributed by atoms with Gasteiger partial charge < -0.3 is 10.7 Å². The van der Waals surface area contributed by atoms with E-state index in [1.807, 2.05) is 0 Å². The summed E-state index contributed by atoms with van der Waals surface area (Å²) >= 11 is 0. The molecule has 0 saturated carbocycles. The van der Waals surface area contributed by atoms with Gasteiger partial charge in [0, 0.05) is 20.3 Å². The van der Waals surface area contributed by atoms with E-state index >= 15 is 0 Å². The minimum atomic E-state index is -0.366. The molecule has 0 spiro atoms. The standard InChI is InChI=1S/C6H10N4O/c1-9(2)10-4-3-5(7)8-6(10)11/h3-4H,1-2H3,(H2,7,8,11). The van der Waals surface area contributed by atoms with E-state index in [1.165, 1.54) is 4.68 Å². The molecule has 0 unspecified atom stereocenters. The van der Waals surface area contributed by atoms with Crippen molar-refractivity contribution in [2.24, 2.45) is 0 Å². The third kappa shape index (κ3) is 1.49. The first-order valence-corrected chi connectivity index (χ1v) is 3.14. The van der Waals surface area contributed by atoms with Crippen LogP contribution in [0, 0.1) is 0 Å². The molecule has 0 saturated heterocycles. The molecular formula is C6H10N4O. The maximum Gasteiger partial charge on any atom is 0.368 e. The second-order valence-electron chi connectivity index (χ2n) is 2.33. The van der Waals surface area contributed by atoms with Gasteiger partial charge in [0.15, 0.2) is 0 Å². The second-order valence-corrected chi connectivity index (χ2v) is 2.33. The van der Waals surface area contributed by atoms with Crippen LogP contribution in [-0.2, 0) is 0 Å². The van der Waals surface area contributed by atoms with Gasteiger partial charge in [0.25, 0.3) is 0 Å². The molecule has 0 aliphatic heterocycles. The lowest BCUT2D eigenvalue weighted by Crippen LogP contribution is -2.37. The fourth-order valence-electron chi connectivity index (χ4n) is 0.714. The topological polar surface area (TPSA) is 64.2 Å². The molecule has 0 aliphatic carbocycles. The maximum atomic E-state index is 11.0. The smallest absolute Gasteiger partial charge is 0.368 e. The molecule has 0 aliphatic rings. The van der Waals surface area contributed by atoms with Crippen LogP contribution >= 0.6 is 0 Å². The zero-order chi connectivity index (χ0) is 8.43. The van der Waals surface area contributed by atoms with Gasteiger partial charge in [-0.3, -0.25) is 0 Å². The fraction of sp³-hybridized carbons (Fsp3) is 0.333. The van der Waals surface area contributed by atoms with Crippen LogP contribution in [0.2, 0.25) is 0 Å². The number of hydrogen-bond acceptors (Lipinski definition) is 4. The highest BCUT2D eigenvalue weighted by Crippen LogP contribution is 1.87. The summed E-state index contributed by atoms with van der Waals surface area (Å²) in [6, 6.07) is 1.57. The molecule has 0 radical (unpaired) electrons. The average molecular weight is 154 g/mol. The van der Waals surface area contributed by atoms with Crippen LogP contribution in [0.15, 0.2) is 17.1 Å². The number of nitrogens with zero attached hydrogens (tertiary/aromatic N) is 3. The van der Waals surface area contributed by atoms with Crippen LogP contribution in [-0.4, -0.2) is 23.8 Å². The molecule has 60 valence electrons. The summed E-state index contributed by atoms with van der Waals surface area (Å²) in [5.74, 6) is 0.244. The van der Waals surface area contributed by atoms with Gasteiger partial charge >= 0.3 is 5.69 Å². The van der Waals surface area contributed by atoms with Crippen molar-refractivity contribution >= 4 is 5.82 Å². The highest BCUT2D eigenvalue weighted by molar-refractivity contribution is 5.23. The van der Waals surface area contributed by atoms with E-state index in [9.17, 15) is 4.79 Å². The molecule has 11 heavy (non-hydrogen) atoms. The molecule has 1 heterocycles. The summed E-state index contributed by atoms with van der Waals surface area (Å²) < 4.78 is 1.36. The van der Waals surface area contributed by atoms with Gasteiger partial charge in [0.2, 0.25) is 0 Å². The predicted molar refractivity (Wildman–Crippen MR) is 43.0 cm³/mol. The fourth-order valence-corrected chi connectivity index (χ4v) is 0.714. The normalized spacial score (nSPS) is 9.64.